The van der Waals surface area contributed by atoms with Crippen molar-refractivity contribution in [2.24, 2.45) is 11.7 Å². The van der Waals surface area contributed by atoms with Gasteiger partial charge >= 0.3 is 6.03 Å². The molecule has 2 rings (SSSR count). The fraction of sp³-hybridized carbons (Fsp3) is 0.500. The van der Waals surface area contributed by atoms with Crippen molar-refractivity contribution in [1.82, 2.24) is 10.2 Å². The first-order valence-corrected chi connectivity index (χ1v) is 7.70. The number of primary amides is 1. The molecule has 1 aromatic rings. The Morgan fingerprint density at radius 2 is 1.96 bits per heavy atom. The first kappa shape index (κ1) is 17.2. The lowest BCUT2D eigenvalue weighted by atomic mass is 9.93. The number of nitrogens with zero attached hydrogens (tertiary/aromatic N) is 1. The van der Waals surface area contributed by atoms with Crippen molar-refractivity contribution in [3.8, 4) is 0 Å². The average Bonchev–Trinajstić information content (AvgIpc) is 2.49. The Hall–Kier alpha value is -2.18. The number of nitrogens with two attached hydrogens (primary N) is 1. The highest BCUT2D eigenvalue weighted by molar-refractivity contribution is 5.75. The largest absolute Gasteiger partial charge is 0.370 e. The van der Waals surface area contributed by atoms with Crippen molar-refractivity contribution < 1.29 is 18.4 Å². The summed E-state index contributed by atoms with van der Waals surface area (Å²) in [5, 5.41) is 2.73. The number of piperidine rings is 1. The lowest BCUT2D eigenvalue weighted by Crippen LogP contribution is -2.45. The van der Waals surface area contributed by atoms with E-state index in [9.17, 15) is 18.4 Å². The van der Waals surface area contributed by atoms with Gasteiger partial charge < -0.3 is 16.0 Å². The highest BCUT2D eigenvalue weighted by Crippen LogP contribution is 2.20. The van der Waals surface area contributed by atoms with Crippen molar-refractivity contribution in [3.63, 3.8) is 0 Å². The van der Waals surface area contributed by atoms with Crippen LogP contribution >= 0.6 is 0 Å². The lowest BCUT2D eigenvalue weighted by molar-refractivity contribution is -0.119. The van der Waals surface area contributed by atoms with Gasteiger partial charge in [-0.25, -0.2) is 13.6 Å². The maximum absolute atomic E-state index is 13.5. The minimum Gasteiger partial charge on any atom is -0.370 e. The van der Waals surface area contributed by atoms with Crippen LogP contribution in [-0.2, 0) is 11.2 Å². The van der Waals surface area contributed by atoms with Crippen molar-refractivity contribution in [1.29, 1.82) is 0 Å². The third-order valence-corrected chi connectivity index (χ3v) is 4.08. The molecule has 7 heteroatoms. The summed E-state index contributed by atoms with van der Waals surface area (Å²) in [5.41, 5.74) is 5.54. The number of rotatable bonds is 5. The Morgan fingerprint density at radius 1 is 1.26 bits per heavy atom. The van der Waals surface area contributed by atoms with Crippen LogP contribution in [0.5, 0.6) is 0 Å². The van der Waals surface area contributed by atoms with E-state index in [0.717, 1.165) is 18.9 Å². The quantitative estimate of drug-likeness (QED) is 0.866. The van der Waals surface area contributed by atoms with Crippen molar-refractivity contribution >= 4 is 11.9 Å². The van der Waals surface area contributed by atoms with Crippen LogP contribution in [0.2, 0.25) is 0 Å². The number of benzene rings is 1. The molecule has 1 heterocycles. The second-order valence-electron chi connectivity index (χ2n) is 5.82. The molecule has 0 atom stereocenters. The number of carbonyl (C=O) groups is 2. The van der Waals surface area contributed by atoms with Gasteiger partial charge in [0.05, 0.1) is 0 Å². The third-order valence-electron chi connectivity index (χ3n) is 4.08. The van der Waals surface area contributed by atoms with E-state index in [4.69, 9.17) is 5.73 Å². The molecule has 1 aliphatic heterocycles. The summed E-state index contributed by atoms with van der Waals surface area (Å²) in [5.74, 6) is -1.29. The maximum atomic E-state index is 13.5. The molecule has 0 bridgehead atoms. The smallest absolute Gasteiger partial charge is 0.317 e. The summed E-state index contributed by atoms with van der Waals surface area (Å²) in [7, 11) is 0. The summed E-state index contributed by atoms with van der Waals surface area (Å²) in [6, 6.07) is 3.21. The lowest BCUT2D eigenvalue weighted by Gasteiger charge is -2.31. The van der Waals surface area contributed by atoms with Gasteiger partial charge in [0.15, 0.2) is 0 Å². The number of hydrogen-bond acceptors (Lipinski definition) is 2. The molecule has 1 aromatic carbocycles. The van der Waals surface area contributed by atoms with Gasteiger partial charge in [0.25, 0.3) is 0 Å². The molecule has 126 valence electrons. The fourth-order valence-electron chi connectivity index (χ4n) is 2.77. The summed E-state index contributed by atoms with van der Waals surface area (Å²) < 4.78 is 26.3. The molecule has 0 saturated carbocycles. The summed E-state index contributed by atoms with van der Waals surface area (Å²) in [6.45, 7) is 1.44. The molecule has 0 aliphatic carbocycles. The zero-order valence-corrected chi connectivity index (χ0v) is 12.9. The van der Waals surface area contributed by atoms with E-state index in [0.29, 0.717) is 31.5 Å². The molecule has 1 fully saturated rings. The van der Waals surface area contributed by atoms with Crippen LogP contribution in [0.4, 0.5) is 13.6 Å². The van der Waals surface area contributed by atoms with Crippen LogP contribution in [0.15, 0.2) is 18.2 Å². The highest BCUT2D eigenvalue weighted by Gasteiger charge is 2.23. The molecule has 23 heavy (non-hydrogen) atoms. The van der Waals surface area contributed by atoms with Crippen molar-refractivity contribution in [3.05, 3.63) is 35.4 Å². The van der Waals surface area contributed by atoms with Crippen molar-refractivity contribution in [2.45, 2.75) is 25.7 Å². The molecule has 1 saturated heterocycles. The van der Waals surface area contributed by atoms with Crippen LogP contribution in [0, 0.1) is 17.6 Å². The zero-order valence-electron chi connectivity index (χ0n) is 12.9. The van der Waals surface area contributed by atoms with Crippen LogP contribution < -0.4 is 11.1 Å². The van der Waals surface area contributed by atoms with Gasteiger partial charge in [0.2, 0.25) is 5.91 Å². The molecular formula is C16H21F2N3O2. The number of likely N-dealkylation sites (tertiary alicyclic amines) is 1. The fourth-order valence-corrected chi connectivity index (χ4v) is 2.77. The number of urea groups is 1. The molecular weight excluding hydrogens is 304 g/mol. The van der Waals surface area contributed by atoms with E-state index in [1.807, 2.05) is 0 Å². The van der Waals surface area contributed by atoms with Crippen LogP contribution in [0.1, 0.15) is 24.8 Å². The monoisotopic (exact) mass is 325 g/mol. The second-order valence-corrected chi connectivity index (χ2v) is 5.82. The molecule has 0 aromatic heterocycles. The summed E-state index contributed by atoms with van der Waals surface area (Å²) in [6.07, 6.45) is 2.17. The molecule has 5 nitrogen and oxygen atoms in total. The van der Waals surface area contributed by atoms with E-state index in [2.05, 4.69) is 5.32 Å². The van der Waals surface area contributed by atoms with E-state index >= 15 is 0 Å². The Morgan fingerprint density at radius 3 is 2.57 bits per heavy atom. The topological polar surface area (TPSA) is 75.4 Å². The molecule has 3 N–H and O–H groups in total. The van der Waals surface area contributed by atoms with Gasteiger partial charge in [-0.05, 0) is 36.8 Å². The first-order valence-electron chi connectivity index (χ1n) is 7.70. The van der Waals surface area contributed by atoms with E-state index < -0.39 is 11.6 Å². The molecule has 0 unspecified atom stereocenters. The zero-order chi connectivity index (χ0) is 16.8. The average molecular weight is 325 g/mol. The minimum absolute atomic E-state index is 0.204. The molecule has 3 amide bonds. The number of carbonyl (C=O) groups excluding carboxylic acids is 2. The molecule has 1 aliphatic rings. The highest BCUT2D eigenvalue weighted by atomic mass is 19.1. The Kier molecular flexibility index (Phi) is 5.90. The number of amides is 3. The van der Waals surface area contributed by atoms with Gasteiger partial charge in [-0.2, -0.15) is 0 Å². The minimum atomic E-state index is -0.617. The normalized spacial score (nSPS) is 15.5. The van der Waals surface area contributed by atoms with Crippen LogP contribution in [0.25, 0.3) is 0 Å². The van der Waals surface area contributed by atoms with E-state index in [1.54, 1.807) is 4.90 Å². The molecule has 0 spiro atoms. The summed E-state index contributed by atoms with van der Waals surface area (Å²) >= 11 is 0. The predicted octanol–water partition coefficient (Wildman–Crippen LogP) is 1.80. The predicted molar refractivity (Wildman–Crippen MR) is 81.6 cm³/mol. The van der Waals surface area contributed by atoms with Crippen molar-refractivity contribution in [2.75, 3.05) is 19.6 Å². The Labute approximate surface area is 133 Å². The van der Waals surface area contributed by atoms with E-state index in [1.165, 1.54) is 12.1 Å². The third kappa shape index (κ3) is 5.19. The first-order chi connectivity index (χ1) is 11.0. The maximum Gasteiger partial charge on any atom is 0.317 e. The van der Waals surface area contributed by atoms with Gasteiger partial charge in [0.1, 0.15) is 11.6 Å². The number of nitrogens with one attached hydrogen (secondary N) is 1. The summed E-state index contributed by atoms with van der Waals surface area (Å²) in [4.78, 5) is 24.6. The Balaban J connectivity index is 1.72. The van der Waals surface area contributed by atoms with E-state index in [-0.39, 0.29) is 24.4 Å². The standard InChI is InChI=1S/C16H21F2N3O2/c17-13-2-1-12(14(18)10-13)3-6-20-16(23)21-7-4-11(5-8-21)9-15(19)22/h1-2,10-11H,3-9H2,(H2,19,22)(H,20,23). The molecule has 0 radical (unpaired) electrons. The number of halogens is 2. The SMILES string of the molecule is NC(=O)CC1CCN(C(=O)NCCc2ccc(F)cc2F)CC1. The van der Waals surface area contributed by atoms with Crippen LogP contribution in [0.3, 0.4) is 0 Å². The van der Waals surface area contributed by atoms with Gasteiger partial charge in [0, 0.05) is 32.1 Å². The van der Waals surface area contributed by atoms with Gasteiger partial charge in [-0.15, -0.1) is 0 Å². The van der Waals surface area contributed by atoms with Crippen LogP contribution in [-0.4, -0.2) is 36.5 Å². The van der Waals surface area contributed by atoms with Gasteiger partial charge in [-0.1, -0.05) is 6.07 Å². The Bertz CT molecular complexity index is 572. The number of hydrogen-bond donors (Lipinski definition) is 2. The second kappa shape index (κ2) is 7.89. The van der Waals surface area contributed by atoms with Gasteiger partial charge in [-0.3, -0.25) is 4.79 Å².